The zero-order valence-corrected chi connectivity index (χ0v) is 15.0. The number of nitrogens with zero attached hydrogens (tertiary/aromatic N) is 2. The summed E-state index contributed by atoms with van der Waals surface area (Å²) in [7, 11) is 2.17. The van der Waals surface area contributed by atoms with E-state index in [1.807, 2.05) is 18.2 Å². The summed E-state index contributed by atoms with van der Waals surface area (Å²) in [5.41, 5.74) is 1.03. The van der Waals surface area contributed by atoms with Crippen molar-refractivity contribution in [2.24, 2.45) is 17.0 Å². The zero-order valence-electron chi connectivity index (χ0n) is 15.0. The highest BCUT2D eigenvalue weighted by Gasteiger charge is 2.22. The van der Waals surface area contributed by atoms with E-state index in [0.29, 0.717) is 30.8 Å². The minimum absolute atomic E-state index is 0.485. The minimum atomic E-state index is 0.485. The molecule has 0 unspecified atom stereocenters. The molecule has 5 heteroatoms. The summed E-state index contributed by atoms with van der Waals surface area (Å²) in [4.78, 5) is 7.88. The number of ether oxygens (including phenoxy) is 2. The molecule has 0 aromatic heterocycles. The predicted molar refractivity (Wildman–Crippen MR) is 94.7 cm³/mol. The van der Waals surface area contributed by atoms with Gasteiger partial charge in [-0.05, 0) is 62.1 Å². The van der Waals surface area contributed by atoms with Gasteiger partial charge in [-0.3, -0.25) is 0 Å². The Morgan fingerprint density at radius 1 is 1.25 bits per heavy atom. The number of oxime groups is 1. The van der Waals surface area contributed by atoms with Gasteiger partial charge in [-0.1, -0.05) is 19.9 Å². The lowest BCUT2D eigenvalue weighted by Crippen LogP contribution is -2.32. The van der Waals surface area contributed by atoms with E-state index >= 15 is 0 Å². The molecule has 24 heavy (non-hydrogen) atoms. The maximum atomic E-state index is 5.95. The van der Waals surface area contributed by atoms with Crippen LogP contribution >= 0.6 is 0 Å². The van der Waals surface area contributed by atoms with Crippen molar-refractivity contribution < 1.29 is 14.3 Å². The summed E-state index contributed by atoms with van der Waals surface area (Å²) >= 11 is 0. The second kappa shape index (κ2) is 7.88. The maximum Gasteiger partial charge on any atom is 0.230 e. The molecule has 0 bridgehead atoms. The molecule has 0 aliphatic carbocycles. The van der Waals surface area contributed by atoms with E-state index < -0.39 is 0 Å². The van der Waals surface area contributed by atoms with Crippen LogP contribution in [0.15, 0.2) is 23.4 Å². The Kier molecular flexibility index (Phi) is 5.61. The lowest BCUT2D eigenvalue weighted by Gasteiger charge is -2.29. The van der Waals surface area contributed by atoms with Crippen LogP contribution in [0.3, 0.4) is 0 Å². The molecule has 2 aliphatic rings. The molecular weight excluding hydrogens is 304 g/mol. The number of piperidine rings is 1. The molecule has 5 nitrogen and oxygen atoms in total. The third-order valence-corrected chi connectivity index (χ3v) is 4.56. The van der Waals surface area contributed by atoms with E-state index in [-0.39, 0.29) is 0 Å². The normalized spacial score (nSPS) is 18.8. The highest BCUT2D eigenvalue weighted by Crippen LogP contribution is 2.32. The third-order valence-electron chi connectivity index (χ3n) is 4.56. The lowest BCUT2D eigenvalue weighted by atomic mass is 9.98. The second-order valence-electron chi connectivity index (χ2n) is 7.25. The standard InChI is InChI=1S/C19H28N2O3/c1-14(2)12-22-17-5-4-6-18-16(17)11-19(20-24-18)23-13-15-7-9-21(3)10-8-15/h4-6,14-15H,7-13H2,1-3H3. The highest BCUT2D eigenvalue weighted by atomic mass is 16.7. The summed E-state index contributed by atoms with van der Waals surface area (Å²) in [5, 5.41) is 4.13. The molecule has 0 N–H and O–H groups in total. The fourth-order valence-corrected chi connectivity index (χ4v) is 3.00. The average molecular weight is 332 g/mol. The van der Waals surface area contributed by atoms with Gasteiger partial charge in [0.1, 0.15) is 5.75 Å². The van der Waals surface area contributed by atoms with Crippen molar-refractivity contribution in [2.75, 3.05) is 33.4 Å². The van der Waals surface area contributed by atoms with Crippen molar-refractivity contribution in [3.63, 3.8) is 0 Å². The summed E-state index contributed by atoms with van der Waals surface area (Å²) in [5.74, 6) is 3.39. The molecule has 0 radical (unpaired) electrons. The molecule has 3 rings (SSSR count). The Morgan fingerprint density at radius 2 is 2.04 bits per heavy atom. The van der Waals surface area contributed by atoms with Crippen molar-refractivity contribution in [3.05, 3.63) is 23.8 Å². The quantitative estimate of drug-likeness (QED) is 0.829. The Labute approximate surface area is 144 Å². The molecule has 0 saturated carbocycles. The Bertz CT molecular complexity index is 578. The van der Waals surface area contributed by atoms with Crippen molar-refractivity contribution in [1.82, 2.24) is 4.90 Å². The molecule has 1 aromatic carbocycles. The van der Waals surface area contributed by atoms with E-state index in [1.54, 1.807) is 0 Å². The number of fused-ring (bicyclic) bond motifs is 1. The average Bonchev–Trinajstić information content (AvgIpc) is 2.59. The van der Waals surface area contributed by atoms with Crippen LogP contribution in [0.4, 0.5) is 0 Å². The summed E-state index contributed by atoms with van der Waals surface area (Å²) < 4.78 is 11.9. The first kappa shape index (κ1) is 17.1. The van der Waals surface area contributed by atoms with Gasteiger partial charge in [0.15, 0.2) is 5.75 Å². The van der Waals surface area contributed by atoms with Crippen LogP contribution in [0, 0.1) is 11.8 Å². The van der Waals surface area contributed by atoms with E-state index in [1.165, 1.54) is 12.8 Å². The molecule has 0 amide bonds. The zero-order chi connectivity index (χ0) is 16.9. The van der Waals surface area contributed by atoms with Crippen LogP contribution in [0.5, 0.6) is 11.5 Å². The molecule has 2 heterocycles. The SMILES string of the molecule is CC(C)COc1cccc2c1CC(OCC1CCN(C)CC1)=NO2. The Morgan fingerprint density at radius 3 is 2.79 bits per heavy atom. The monoisotopic (exact) mass is 332 g/mol. The Hall–Kier alpha value is -1.75. The van der Waals surface area contributed by atoms with E-state index in [2.05, 4.69) is 31.0 Å². The third kappa shape index (κ3) is 4.41. The van der Waals surface area contributed by atoms with E-state index in [9.17, 15) is 0 Å². The van der Waals surface area contributed by atoms with Gasteiger partial charge in [0.2, 0.25) is 5.90 Å². The van der Waals surface area contributed by atoms with Gasteiger partial charge < -0.3 is 19.2 Å². The van der Waals surface area contributed by atoms with Crippen LogP contribution in [-0.4, -0.2) is 44.1 Å². The topological polar surface area (TPSA) is 43.3 Å². The van der Waals surface area contributed by atoms with Gasteiger partial charge in [-0.25, -0.2) is 0 Å². The lowest BCUT2D eigenvalue weighted by molar-refractivity contribution is 0.146. The Balaban J connectivity index is 1.57. The van der Waals surface area contributed by atoms with Crippen LogP contribution < -0.4 is 9.57 Å². The summed E-state index contributed by atoms with van der Waals surface area (Å²) in [6.45, 7) is 7.99. The van der Waals surface area contributed by atoms with Crippen molar-refractivity contribution >= 4 is 5.90 Å². The fourth-order valence-electron chi connectivity index (χ4n) is 3.00. The molecule has 0 spiro atoms. The van der Waals surface area contributed by atoms with Gasteiger partial charge in [0.05, 0.1) is 19.6 Å². The highest BCUT2D eigenvalue weighted by molar-refractivity contribution is 5.81. The van der Waals surface area contributed by atoms with Crippen molar-refractivity contribution in [1.29, 1.82) is 0 Å². The van der Waals surface area contributed by atoms with Crippen LogP contribution in [0.25, 0.3) is 0 Å². The second-order valence-corrected chi connectivity index (χ2v) is 7.25. The number of hydrogen-bond acceptors (Lipinski definition) is 5. The number of rotatable bonds is 5. The van der Waals surface area contributed by atoms with Crippen molar-refractivity contribution in [2.45, 2.75) is 33.1 Å². The first-order valence-electron chi connectivity index (χ1n) is 8.91. The predicted octanol–water partition coefficient (Wildman–Crippen LogP) is 3.33. The van der Waals surface area contributed by atoms with Gasteiger partial charge in [0, 0.05) is 5.56 Å². The van der Waals surface area contributed by atoms with Gasteiger partial charge >= 0.3 is 0 Å². The van der Waals surface area contributed by atoms with Crippen molar-refractivity contribution in [3.8, 4) is 11.5 Å². The first-order valence-corrected chi connectivity index (χ1v) is 8.91. The molecule has 1 aromatic rings. The van der Waals surface area contributed by atoms with Gasteiger partial charge in [-0.15, -0.1) is 0 Å². The van der Waals surface area contributed by atoms with Gasteiger partial charge in [-0.2, -0.15) is 0 Å². The first-order chi connectivity index (χ1) is 11.6. The molecule has 1 fully saturated rings. The molecule has 0 atom stereocenters. The number of likely N-dealkylation sites (tertiary alicyclic amines) is 1. The van der Waals surface area contributed by atoms with Crippen LogP contribution in [0.1, 0.15) is 32.3 Å². The maximum absolute atomic E-state index is 5.95. The summed E-state index contributed by atoms with van der Waals surface area (Å²) in [6.07, 6.45) is 3.00. The molecular formula is C19H28N2O3. The largest absolute Gasteiger partial charge is 0.493 e. The van der Waals surface area contributed by atoms with Crippen LogP contribution in [0.2, 0.25) is 0 Å². The molecule has 2 aliphatic heterocycles. The molecule has 132 valence electrons. The van der Waals surface area contributed by atoms with Gasteiger partial charge in [0.25, 0.3) is 0 Å². The molecule has 1 saturated heterocycles. The minimum Gasteiger partial charge on any atom is -0.493 e. The van der Waals surface area contributed by atoms with E-state index in [0.717, 1.165) is 36.8 Å². The number of benzene rings is 1. The smallest absolute Gasteiger partial charge is 0.230 e. The van der Waals surface area contributed by atoms with E-state index in [4.69, 9.17) is 14.3 Å². The fraction of sp³-hybridized carbons (Fsp3) is 0.632. The summed E-state index contributed by atoms with van der Waals surface area (Å²) in [6, 6.07) is 5.85. The number of hydrogen-bond donors (Lipinski definition) is 0. The van der Waals surface area contributed by atoms with Crippen LogP contribution in [-0.2, 0) is 11.2 Å².